The van der Waals surface area contributed by atoms with Gasteiger partial charge in [-0.3, -0.25) is 9.78 Å². The molecule has 3 aromatic heterocycles. The average Bonchev–Trinajstić information content (AvgIpc) is 3.42. The molecule has 4 rings (SSSR count). The van der Waals surface area contributed by atoms with Crippen molar-refractivity contribution in [1.29, 1.82) is 0 Å². The number of hydrogen-bond acceptors (Lipinski definition) is 4. The summed E-state index contributed by atoms with van der Waals surface area (Å²) in [6, 6.07) is 7.87. The zero-order valence-electron chi connectivity index (χ0n) is 17.2. The third-order valence-electron chi connectivity index (χ3n) is 5.96. The topological polar surface area (TPSA) is 76.8 Å². The Morgan fingerprint density at radius 1 is 1.31 bits per heavy atom. The van der Waals surface area contributed by atoms with Crippen LogP contribution in [0, 0.1) is 19.8 Å². The average molecular weight is 393 g/mol. The van der Waals surface area contributed by atoms with E-state index < -0.39 is 0 Å². The lowest BCUT2D eigenvalue weighted by Crippen LogP contribution is -2.32. The second-order valence-corrected chi connectivity index (χ2v) is 7.86. The van der Waals surface area contributed by atoms with E-state index >= 15 is 0 Å². The highest BCUT2D eigenvalue weighted by Gasteiger charge is 2.30. The lowest BCUT2D eigenvalue weighted by molar-refractivity contribution is 0.0946. The molecule has 0 aliphatic carbocycles. The van der Waals surface area contributed by atoms with Crippen molar-refractivity contribution in [3.8, 4) is 0 Å². The van der Waals surface area contributed by atoms with Gasteiger partial charge in [0.1, 0.15) is 0 Å². The van der Waals surface area contributed by atoms with Crippen molar-refractivity contribution in [2.45, 2.75) is 26.3 Å². The van der Waals surface area contributed by atoms with Gasteiger partial charge in [0.2, 0.25) is 0 Å². The largest absolute Gasteiger partial charge is 0.352 e. The van der Waals surface area contributed by atoms with Gasteiger partial charge in [0.15, 0.2) is 0 Å². The molecular formula is C22H28N6O. The van der Waals surface area contributed by atoms with Crippen LogP contribution in [-0.4, -0.2) is 44.6 Å². The van der Waals surface area contributed by atoms with E-state index in [2.05, 4.69) is 29.7 Å². The maximum atomic E-state index is 12.9. The molecule has 29 heavy (non-hydrogen) atoms. The van der Waals surface area contributed by atoms with Gasteiger partial charge in [0.05, 0.1) is 24.1 Å². The van der Waals surface area contributed by atoms with Gasteiger partial charge in [-0.05, 0) is 38.0 Å². The standard InChI is InChI=1S/C22H28N6O/c1-15-8-19(16(2)28(15)13-18-6-4-5-7-25-18)22(29)26-10-17-9-23-11-20(17)21-12-24-14-27(21)3/h4-8,12,14,17,20,23H,9-11,13H2,1-3H3,(H,26,29)/t17-,20+/m0/s1. The minimum Gasteiger partial charge on any atom is -0.352 e. The lowest BCUT2D eigenvalue weighted by atomic mass is 9.93. The molecule has 152 valence electrons. The molecule has 2 atom stereocenters. The summed E-state index contributed by atoms with van der Waals surface area (Å²) >= 11 is 0. The van der Waals surface area contributed by atoms with Crippen molar-refractivity contribution in [2.75, 3.05) is 19.6 Å². The monoisotopic (exact) mass is 392 g/mol. The number of carbonyl (C=O) groups is 1. The first-order chi connectivity index (χ1) is 14.0. The van der Waals surface area contributed by atoms with Crippen molar-refractivity contribution >= 4 is 5.91 Å². The summed E-state index contributed by atoms with van der Waals surface area (Å²) in [5.74, 6) is 0.701. The van der Waals surface area contributed by atoms with Crippen LogP contribution >= 0.6 is 0 Å². The number of aromatic nitrogens is 4. The Bertz CT molecular complexity index is 990. The zero-order chi connectivity index (χ0) is 20.4. The maximum absolute atomic E-state index is 12.9. The van der Waals surface area contributed by atoms with Gasteiger partial charge in [-0.25, -0.2) is 4.98 Å². The summed E-state index contributed by atoms with van der Waals surface area (Å²) in [5.41, 5.74) is 4.97. The van der Waals surface area contributed by atoms with Crippen LogP contribution < -0.4 is 10.6 Å². The van der Waals surface area contributed by atoms with Gasteiger partial charge in [-0.15, -0.1) is 0 Å². The van der Waals surface area contributed by atoms with Gasteiger partial charge < -0.3 is 19.8 Å². The molecule has 1 saturated heterocycles. The first kappa shape index (κ1) is 19.4. The summed E-state index contributed by atoms with van der Waals surface area (Å²) in [6.07, 6.45) is 5.56. The predicted molar refractivity (Wildman–Crippen MR) is 112 cm³/mol. The molecule has 1 aliphatic heterocycles. The first-order valence-corrected chi connectivity index (χ1v) is 10.1. The number of hydrogen-bond donors (Lipinski definition) is 2. The quantitative estimate of drug-likeness (QED) is 0.673. The highest BCUT2D eigenvalue weighted by atomic mass is 16.1. The van der Waals surface area contributed by atoms with Crippen LogP contribution in [0.3, 0.4) is 0 Å². The Labute approximate surface area is 171 Å². The summed E-state index contributed by atoms with van der Waals surface area (Å²) in [4.78, 5) is 21.6. The summed E-state index contributed by atoms with van der Waals surface area (Å²) < 4.78 is 4.21. The van der Waals surface area contributed by atoms with Gasteiger partial charge in [0, 0.05) is 62.1 Å². The number of nitrogens with zero attached hydrogens (tertiary/aromatic N) is 4. The molecule has 0 radical (unpaired) electrons. The van der Waals surface area contributed by atoms with Crippen LogP contribution in [0.2, 0.25) is 0 Å². The van der Waals surface area contributed by atoms with Crippen LogP contribution in [-0.2, 0) is 13.6 Å². The number of rotatable bonds is 6. The van der Waals surface area contributed by atoms with Crippen LogP contribution in [0.4, 0.5) is 0 Å². The number of pyridine rings is 1. The van der Waals surface area contributed by atoms with Crippen LogP contribution in [0.5, 0.6) is 0 Å². The van der Waals surface area contributed by atoms with E-state index in [1.165, 1.54) is 5.69 Å². The highest BCUT2D eigenvalue weighted by molar-refractivity contribution is 5.95. The third-order valence-corrected chi connectivity index (χ3v) is 5.96. The van der Waals surface area contributed by atoms with Crippen molar-refractivity contribution in [1.82, 2.24) is 29.7 Å². The van der Waals surface area contributed by atoms with Gasteiger partial charge in [-0.2, -0.15) is 0 Å². The SMILES string of the molecule is Cc1cc(C(=O)NC[C@@H]2CNC[C@H]2c2cncn2C)c(C)n1Cc1ccccn1. The van der Waals surface area contributed by atoms with Gasteiger partial charge >= 0.3 is 0 Å². The fourth-order valence-corrected chi connectivity index (χ4v) is 4.27. The van der Waals surface area contributed by atoms with E-state index in [1.54, 1.807) is 6.20 Å². The van der Waals surface area contributed by atoms with E-state index in [0.717, 1.165) is 35.7 Å². The minimum atomic E-state index is -0.0129. The molecule has 0 unspecified atom stereocenters. The highest BCUT2D eigenvalue weighted by Crippen LogP contribution is 2.27. The smallest absolute Gasteiger partial charge is 0.253 e. The van der Waals surface area contributed by atoms with E-state index in [9.17, 15) is 4.79 Å². The molecule has 3 aromatic rings. The Morgan fingerprint density at radius 3 is 2.90 bits per heavy atom. The van der Waals surface area contributed by atoms with Gasteiger partial charge in [0.25, 0.3) is 5.91 Å². The van der Waals surface area contributed by atoms with Crippen LogP contribution in [0.25, 0.3) is 0 Å². The number of carbonyl (C=O) groups excluding carboxylic acids is 1. The fraction of sp³-hybridized carbons (Fsp3) is 0.409. The minimum absolute atomic E-state index is 0.0129. The molecule has 2 N–H and O–H groups in total. The molecule has 1 amide bonds. The second-order valence-electron chi connectivity index (χ2n) is 7.86. The normalized spacial score (nSPS) is 18.9. The number of amides is 1. The molecule has 0 saturated carbocycles. The number of nitrogens with one attached hydrogen (secondary N) is 2. The van der Waals surface area contributed by atoms with Crippen molar-refractivity contribution in [2.24, 2.45) is 13.0 Å². The molecule has 0 spiro atoms. The van der Waals surface area contributed by atoms with Crippen molar-refractivity contribution < 1.29 is 4.79 Å². The predicted octanol–water partition coefficient (Wildman–Crippen LogP) is 2.01. The summed E-state index contributed by atoms with van der Waals surface area (Å²) in [7, 11) is 2.02. The van der Waals surface area contributed by atoms with E-state index in [0.29, 0.717) is 24.9 Å². The molecule has 0 bridgehead atoms. The fourth-order valence-electron chi connectivity index (χ4n) is 4.27. The van der Waals surface area contributed by atoms with E-state index in [1.807, 2.05) is 57.7 Å². The molecule has 1 aliphatic rings. The third kappa shape index (κ3) is 3.96. The first-order valence-electron chi connectivity index (χ1n) is 10.1. The Kier molecular flexibility index (Phi) is 5.49. The molecule has 7 heteroatoms. The van der Waals surface area contributed by atoms with E-state index in [4.69, 9.17) is 0 Å². The van der Waals surface area contributed by atoms with E-state index in [-0.39, 0.29) is 5.91 Å². The van der Waals surface area contributed by atoms with Crippen LogP contribution in [0.1, 0.15) is 39.1 Å². The van der Waals surface area contributed by atoms with Crippen LogP contribution in [0.15, 0.2) is 43.0 Å². The summed E-state index contributed by atoms with van der Waals surface area (Å²) in [5, 5.41) is 6.61. The summed E-state index contributed by atoms with van der Waals surface area (Å²) in [6.45, 7) is 7.16. The number of imidazole rings is 1. The zero-order valence-corrected chi connectivity index (χ0v) is 17.2. The maximum Gasteiger partial charge on any atom is 0.253 e. The molecule has 4 heterocycles. The molecule has 0 aromatic carbocycles. The second kappa shape index (κ2) is 8.21. The molecule has 7 nitrogen and oxygen atoms in total. The Balaban J connectivity index is 1.44. The number of aryl methyl sites for hydroxylation is 2. The molecular weight excluding hydrogens is 364 g/mol. The Morgan fingerprint density at radius 2 is 2.17 bits per heavy atom. The molecule has 1 fully saturated rings. The van der Waals surface area contributed by atoms with Crippen molar-refractivity contribution in [3.05, 3.63) is 71.3 Å². The lowest BCUT2D eigenvalue weighted by Gasteiger charge is -2.19. The van der Waals surface area contributed by atoms with Crippen molar-refractivity contribution in [3.63, 3.8) is 0 Å². The van der Waals surface area contributed by atoms with Gasteiger partial charge in [-0.1, -0.05) is 6.07 Å². The Hall–Kier alpha value is -2.93.